The number of anilines is 1. The number of methoxy groups -OCH3 is 1. The number of amides is 1. The number of carbonyl (C=O) groups is 1. The van der Waals surface area contributed by atoms with Gasteiger partial charge >= 0.3 is 6.09 Å². The van der Waals surface area contributed by atoms with Crippen molar-refractivity contribution in [2.75, 3.05) is 12.4 Å². The highest BCUT2D eigenvalue weighted by Gasteiger charge is 2.14. The van der Waals surface area contributed by atoms with Crippen LogP contribution in [0.5, 0.6) is 0 Å². The lowest BCUT2D eigenvalue weighted by Crippen LogP contribution is -2.11. The van der Waals surface area contributed by atoms with Crippen molar-refractivity contribution >= 4 is 49.8 Å². The van der Waals surface area contributed by atoms with Gasteiger partial charge in [0.2, 0.25) is 5.95 Å². The number of carbonyl (C=O) groups excluding carboxylic acids is 1. The van der Waals surface area contributed by atoms with E-state index in [0.717, 1.165) is 15.4 Å². The Bertz CT molecular complexity index is 1210. The van der Waals surface area contributed by atoms with Crippen LogP contribution in [0.4, 0.5) is 10.7 Å². The summed E-state index contributed by atoms with van der Waals surface area (Å²) in [5.74, 6) is 0.268. The number of nitrogens with one attached hydrogen (secondary N) is 3. The second kappa shape index (κ2) is 6.26. The van der Waals surface area contributed by atoms with Gasteiger partial charge in [0.25, 0.3) is 5.56 Å². The van der Waals surface area contributed by atoms with Gasteiger partial charge in [0.15, 0.2) is 0 Å². The van der Waals surface area contributed by atoms with Gasteiger partial charge in [-0.25, -0.2) is 14.9 Å². The largest absolute Gasteiger partial charge is 0.453 e. The van der Waals surface area contributed by atoms with E-state index < -0.39 is 6.09 Å². The standard InChI is InChI=1S/C17H12BrN5O3/c1-26-17(25)21-16-19-12-7-8(6-11(18)14(12)20-16)13-9-4-2-3-5-10(9)15(24)23-22-13/h2-7H,1H3,(H,23,24)(H2,19,20,21,25). The van der Waals surface area contributed by atoms with Crippen molar-refractivity contribution in [1.82, 2.24) is 20.2 Å². The van der Waals surface area contributed by atoms with Gasteiger partial charge in [0, 0.05) is 15.4 Å². The van der Waals surface area contributed by atoms with Gasteiger partial charge in [0.05, 0.1) is 23.7 Å². The van der Waals surface area contributed by atoms with Crippen LogP contribution < -0.4 is 10.9 Å². The highest BCUT2D eigenvalue weighted by molar-refractivity contribution is 9.10. The number of imidazole rings is 1. The number of aromatic amines is 2. The zero-order valence-corrected chi connectivity index (χ0v) is 15.0. The van der Waals surface area contributed by atoms with E-state index in [9.17, 15) is 9.59 Å². The Morgan fingerprint density at radius 2 is 2.00 bits per heavy atom. The zero-order chi connectivity index (χ0) is 18.3. The van der Waals surface area contributed by atoms with E-state index in [1.54, 1.807) is 12.1 Å². The van der Waals surface area contributed by atoms with Gasteiger partial charge in [-0.2, -0.15) is 5.10 Å². The highest BCUT2D eigenvalue weighted by atomic mass is 79.9. The minimum absolute atomic E-state index is 0.240. The van der Waals surface area contributed by atoms with E-state index >= 15 is 0 Å². The molecule has 0 atom stereocenters. The molecule has 8 nitrogen and oxygen atoms in total. The third-order valence-corrected chi connectivity index (χ3v) is 4.52. The number of fused-ring (bicyclic) bond motifs is 2. The van der Waals surface area contributed by atoms with Crippen LogP contribution in [-0.2, 0) is 4.74 Å². The fourth-order valence-electron chi connectivity index (χ4n) is 2.75. The Balaban J connectivity index is 1.89. The molecule has 0 aliphatic rings. The normalized spacial score (nSPS) is 11.0. The molecule has 0 radical (unpaired) electrons. The number of benzene rings is 2. The number of nitrogens with zero attached hydrogens (tertiary/aromatic N) is 2. The molecule has 26 heavy (non-hydrogen) atoms. The molecule has 3 N–H and O–H groups in total. The number of H-pyrrole nitrogens is 2. The molecule has 0 aliphatic carbocycles. The molecule has 0 aliphatic heterocycles. The van der Waals surface area contributed by atoms with Crippen molar-refractivity contribution in [2.45, 2.75) is 0 Å². The van der Waals surface area contributed by atoms with Gasteiger partial charge in [0.1, 0.15) is 5.52 Å². The van der Waals surface area contributed by atoms with Gasteiger partial charge in [-0.05, 0) is 34.1 Å². The molecule has 0 saturated heterocycles. The predicted octanol–water partition coefficient (Wildman–Crippen LogP) is 3.41. The van der Waals surface area contributed by atoms with E-state index in [2.05, 4.69) is 46.1 Å². The number of rotatable bonds is 2. The Kier molecular flexibility index (Phi) is 3.92. The predicted molar refractivity (Wildman–Crippen MR) is 101 cm³/mol. The number of halogens is 1. The molecular formula is C17H12BrN5O3. The minimum Gasteiger partial charge on any atom is -0.453 e. The Labute approximate surface area is 154 Å². The zero-order valence-electron chi connectivity index (χ0n) is 13.5. The molecule has 0 fully saturated rings. The van der Waals surface area contributed by atoms with Crippen LogP contribution in [0.1, 0.15) is 0 Å². The van der Waals surface area contributed by atoms with Gasteiger partial charge in [-0.3, -0.25) is 10.1 Å². The topological polar surface area (TPSA) is 113 Å². The van der Waals surface area contributed by atoms with Crippen LogP contribution in [0.2, 0.25) is 0 Å². The van der Waals surface area contributed by atoms with E-state index in [4.69, 9.17) is 0 Å². The molecule has 4 aromatic rings. The smallest absolute Gasteiger partial charge is 0.413 e. The lowest BCUT2D eigenvalue weighted by molar-refractivity contribution is 0.186. The SMILES string of the molecule is COC(=O)Nc1nc2c(Br)cc(-c3n[nH]c(=O)c4ccccc34)cc2[nH]1. The summed E-state index contributed by atoms with van der Waals surface area (Å²) in [6, 6.07) is 11.0. The maximum atomic E-state index is 12.0. The van der Waals surface area contributed by atoms with E-state index in [-0.39, 0.29) is 11.5 Å². The Morgan fingerprint density at radius 3 is 2.77 bits per heavy atom. The second-order valence-electron chi connectivity index (χ2n) is 5.50. The first-order chi connectivity index (χ1) is 12.6. The molecule has 130 valence electrons. The third kappa shape index (κ3) is 2.72. The summed E-state index contributed by atoms with van der Waals surface area (Å²) in [4.78, 5) is 30.7. The van der Waals surface area contributed by atoms with Crippen LogP contribution in [0.15, 0.2) is 45.7 Å². The van der Waals surface area contributed by atoms with E-state index in [1.807, 2.05) is 24.3 Å². The van der Waals surface area contributed by atoms with Crippen molar-refractivity contribution in [2.24, 2.45) is 0 Å². The highest BCUT2D eigenvalue weighted by Crippen LogP contribution is 2.32. The molecule has 2 heterocycles. The summed E-state index contributed by atoms with van der Waals surface area (Å²) in [6.07, 6.45) is -0.617. The molecule has 1 amide bonds. The molecule has 2 aromatic heterocycles. The van der Waals surface area contributed by atoms with Crippen molar-refractivity contribution < 1.29 is 9.53 Å². The lowest BCUT2D eigenvalue weighted by Gasteiger charge is -2.06. The molecule has 0 unspecified atom stereocenters. The molecule has 2 aromatic carbocycles. The minimum atomic E-state index is -0.617. The fourth-order valence-corrected chi connectivity index (χ4v) is 3.30. The summed E-state index contributed by atoms with van der Waals surface area (Å²) >= 11 is 3.49. The van der Waals surface area contributed by atoms with Gasteiger partial charge in [-0.15, -0.1) is 0 Å². The van der Waals surface area contributed by atoms with Gasteiger partial charge in [-0.1, -0.05) is 18.2 Å². The number of hydrogen-bond acceptors (Lipinski definition) is 5. The van der Waals surface area contributed by atoms with Crippen LogP contribution in [0.3, 0.4) is 0 Å². The number of ether oxygens (including phenoxy) is 1. The van der Waals surface area contributed by atoms with Crippen LogP contribution in [-0.4, -0.2) is 33.4 Å². The fraction of sp³-hybridized carbons (Fsp3) is 0.0588. The molecular weight excluding hydrogens is 402 g/mol. The maximum absolute atomic E-state index is 12.0. The van der Waals surface area contributed by atoms with Crippen LogP contribution in [0, 0.1) is 0 Å². The molecule has 9 heteroatoms. The summed E-state index contributed by atoms with van der Waals surface area (Å²) in [6.45, 7) is 0. The molecule has 0 bridgehead atoms. The monoisotopic (exact) mass is 413 g/mol. The molecule has 4 rings (SSSR count). The Hall–Kier alpha value is -3.20. The summed E-state index contributed by atoms with van der Waals surface area (Å²) in [5, 5.41) is 10.5. The first-order valence-electron chi connectivity index (χ1n) is 7.59. The number of aromatic nitrogens is 4. The van der Waals surface area contributed by atoms with Crippen LogP contribution >= 0.6 is 15.9 Å². The molecule has 0 saturated carbocycles. The maximum Gasteiger partial charge on any atom is 0.413 e. The van der Waals surface area contributed by atoms with Crippen molar-refractivity contribution in [1.29, 1.82) is 0 Å². The first-order valence-corrected chi connectivity index (χ1v) is 8.38. The molecule has 0 spiro atoms. The van der Waals surface area contributed by atoms with Crippen molar-refractivity contribution in [3.8, 4) is 11.3 Å². The average Bonchev–Trinajstić information content (AvgIpc) is 3.05. The third-order valence-electron chi connectivity index (χ3n) is 3.92. The Morgan fingerprint density at radius 1 is 1.23 bits per heavy atom. The average molecular weight is 414 g/mol. The van der Waals surface area contributed by atoms with Crippen LogP contribution in [0.25, 0.3) is 33.1 Å². The summed E-state index contributed by atoms with van der Waals surface area (Å²) < 4.78 is 5.29. The van der Waals surface area contributed by atoms with E-state index in [1.165, 1.54) is 7.11 Å². The van der Waals surface area contributed by atoms with Crippen molar-refractivity contribution in [3.63, 3.8) is 0 Å². The second-order valence-corrected chi connectivity index (χ2v) is 6.36. The lowest BCUT2D eigenvalue weighted by atomic mass is 10.0. The number of hydrogen-bond donors (Lipinski definition) is 3. The summed E-state index contributed by atoms with van der Waals surface area (Å²) in [7, 11) is 1.28. The first kappa shape index (κ1) is 16.3. The quantitative estimate of drug-likeness (QED) is 0.465. The van der Waals surface area contributed by atoms with E-state index in [0.29, 0.717) is 22.1 Å². The summed E-state index contributed by atoms with van der Waals surface area (Å²) in [5.41, 5.74) is 2.52. The van der Waals surface area contributed by atoms with Gasteiger partial charge < -0.3 is 9.72 Å². The van der Waals surface area contributed by atoms with Crippen molar-refractivity contribution in [3.05, 3.63) is 51.2 Å².